The monoisotopic (exact) mass is 247 g/mol. The van der Waals surface area contributed by atoms with Crippen molar-refractivity contribution in [3.05, 3.63) is 0 Å². The van der Waals surface area contributed by atoms with Crippen molar-refractivity contribution < 1.29 is 4.79 Å². The van der Waals surface area contributed by atoms with Gasteiger partial charge in [0.1, 0.15) is 5.78 Å². The Labute approximate surface area is 110 Å². The van der Waals surface area contributed by atoms with Crippen molar-refractivity contribution in [3.63, 3.8) is 0 Å². The number of Topliss-reactive ketones (excluding diaryl/α,β-unsaturated/α-hetero) is 1. The Kier molecular flexibility index (Phi) is 2.43. The Morgan fingerprint density at radius 2 is 2.00 bits per heavy atom. The molecule has 2 nitrogen and oxygen atoms in total. The lowest BCUT2D eigenvalue weighted by atomic mass is 9.48. The first-order chi connectivity index (χ1) is 8.72. The molecule has 4 fully saturated rings. The Bertz CT molecular complexity index is 377. The zero-order valence-corrected chi connectivity index (χ0v) is 11.5. The average molecular weight is 247 g/mol. The highest BCUT2D eigenvalue weighted by atomic mass is 16.1. The van der Waals surface area contributed by atoms with Crippen molar-refractivity contribution in [2.45, 2.75) is 57.4 Å². The number of piperidine rings is 2. The first-order valence-electron chi connectivity index (χ1n) is 7.99. The van der Waals surface area contributed by atoms with E-state index in [1.165, 1.54) is 51.6 Å². The predicted octanol–water partition coefficient (Wildman–Crippen LogP) is 2.87. The Morgan fingerprint density at radius 1 is 1.22 bits per heavy atom. The molecule has 2 saturated heterocycles. The summed E-state index contributed by atoms with van der Waals surface area (Å²) in [7, 11) is 0. The molecular weight excluding hydrogens is 222 g/mol. The van der Waals surface area contributed by atoms with Gasteiger partial charge < -0.3 is 0 Å². The smallest absolute Gasteiger partial charge is 0.138 e. The minimum absolute atomic E-state index is 0.314. The van der Waals surface area contributed by atoms with Gasteiger partial charge in [-0.25, -0.2) is 0 Å². The van der Waals surface area contributed by atoms with Crippen LogP contribution in [0.15, 0.2) is 0 Å². The lowest BCUT2D eigenvalue weighted by Gasteiger charge is -2.65. The standard InChI is InChI=1S/C16H25NO/c1-11-8-12-9-15(18)14-5-3-7-17-6-2-4-13(12)16(14,17)10-11/h11-14H,2-10H2,1H3/t11-,12+,13+,14?,16-/m0/s1. The van der Waals surface area contributed by atoms with E-state index in [1.807, 2.05) is 0 Å². The molecule has 2 heterocycles. The number of carbonyl (C=O) groups is 1. The van der Waals surface area contributed by atoms with Crippen molar-refractivity contribution >= 4 is 5.78 Å². The average Bonchev–Trinajstić information content (AvgIpc) is 2.33. The van der Waals surface area contributed by atoms with Gasteiger partial charge in [0, 0.05) is 17.9 Å². The van der Waals surface area contributed by atoms with Crippen LogP contribution in [0, 0.1) is 23.7 Å². The van der Waals surface area contributed by atoms with Gasteiger partial charge in [0.25, 0.3) is 0 Å². The maximum absolute atomic E-state index is 12.5. The van der Waals surface area contributed by atoms with Crippen molar-refractivity contribution in [3.8, 4) is 0 Å². The third-order valence-electron chi connectivity index (χ3n) is 6.50. The van der Waals surface area contributed by atoms with Crippen LogP contribution in [0.4, 0.5) is 0 Å². The molecule has 0 N–H and O–H groups in total. The minimum atomic E-state index is 0.314. The van der Waals surface area contributed by atoms with Gasteiger partial charge in [-0.05, 0) is 69.4 Å². The highest BCUT2D eigenvalue weighted by Gasteiger charge is 2.62. The van der Waals surface area contributed by atoms with Crippen LogP contribution in [0.25, 0.3) is 0 Å². The molecule has 0 aromatic heterocycles. The van der Waals surface area contributed by atoms with Gasteiger partial charge in [-0.1, -0.05) is 6.92 Å². The molecule has 0 amide bonds. The van der Waals surface area contributed by atoms with Crippen LogP contribution in [0.1, 0.15) is 51.9 Å². The highest BCUT2D eigenvalue weighted by molar-refractivity contribution is 5.84. The van der Waals surface area contributed by atoms with Crippen LogP contribution in [-0.4, -0.2) is 29.3 Å². The summed E-state index contributed by atoms with van der Waals surface area (Å²) in [5, 5.41) is 0. The van der Waals surface area contributed by atoms with Gasteiger partial charge in [0.15, 0.2) is 0 Å². The number of hydrogen-bond acceptors (Lipinski definition) is 2. The van der Waals surface area contributed by atoms with E-state index < -0.39 is 0 Å². The second-order valence-corrected chi connectivity index (χ2v) is 7.40. The van der Waals surface area contributed by atoms with Gasteiger partial charge in [0.05, 0.1) is 0 Å². The molecule has 4 aliphatic rings. The van der Waals surface area contributed by atoms with E-state index in [1.54, 1.807) is 0 Å². The molecule has 0 radical (unpaired) electrons. The Hall–Kier alpha value is -0.370. The topological polar surface area (TPSA) is 20.3 Å². The van der Waals surface area contributed by atoms with Crippen molar-refractivity contribution in [2.75, 3.05) is 13.1 Å². The van der Waals surface area contributed by atoms with Crippen molar-refractivity contribution in [1.29, 1.82) is 0 Å². The normalized spacial score (nSPS) is 51.9. The number of ketones is 1. The molecule has 5 atom stereocenters. The first kappa shape index (κ1) is 11.5. The molecule has 2 saturated carbocycles. The Balaban J connectivity index is 1.82. The van der Waals surface area contributed by atoms with E-state index in [4.69, 9.17) is 0 Å². The van der Waals surface area contributed by atoms with Gasteiger partial charge in [0.2, 0.25) is 0 Å². The van der Waals surface area contributed by atoms with Gasteiger partial charge in [-0.3, -0.25) is 9.69 Å². The lowest BCUT2D eigenvalue weighted by molar-refractivity contribution is -0.172. The van der Waals surface area contributed by atoms with Crippen molar-refractivity contribution in [2.24, 2.45) is 23.7 Å². The van der Waals surface area contributed by atoms with Crippen molar-refractivity contribution in [1.82, 2.24) is 4.90 Å². The maximum Gasteiger partial charge on any atom is 0.138 e. The summed E-state index contributed by atoms with van der Waals surface area (Å²) >= 11 is 0. The Morgan fingerprint density at radius 3 is 2.83 bits per heavy atom. The van der Waals surface area contributed by atoms with E-state index >= 15 is 0 Å². The second-order valence-electron chi connectivity index (χ2n) is 7.40. The summed E-state index contributed by atoms with van der Waals surface area (Å²) in [6, 6.07) is 0. The van der Waals surface area contributed by atoms with Gasteiger partial charge in [-0.2, -0.15) is 0 Å². The number of nitrogens with zero attached hydrogens (tertiary/aromatic N) is 1. The largest absolute Gasteiger partial charge is 0.299 e. The molecule has 2 aliphatic heterocycles. The molecule has 2 aliphatic carbocycles. The zero-order chi connectivity index (χ0) is 12.3. The molecule has 4 rings (SSSR count). The van der Waals surface area contributed by atoms with E-state index in [9.17, 15) is 4.79 Å². The summed E-state index contributed by atoms with van der Waals surface area (Å²) < 4.78 is 0. The fourth-order valence-electron chi connectivity index (χ4n) is 6.18. The zero-order valence-electron chi connectivity index (χ0n) is 11.5. The minimum Gasteiger partial charge on any atom is -0.299 e. The molecule has 0 aromatic rings. The molecule has 0 aromatic carbocycles. The fraction of sp³-hybridized carbons (Fsp3) is 0.938. The molecule has 100 valence electrons. The second kappa shape index (κ2) is 3.82. The number of carbonyl (C=O) groups excluding carboxylic acids is 1. The third kappa shape index (κ3) is 1.31. The first-order valence-corrected chi connectivity index (χ1v) is 7.99. The van der Waals surface area contributed by atoms with Crippen LogP contribution in [0.2, 0.25) is 0 Å². The summed E-state index contributed by atoms with van der Waals surface area (Å²) in [5.74, 6) is 3.43. The van der Waals surface area contributed by atoms with Crippen LogP contribution in [0.3, 0.4) is 0 Å². The van der Waals surface area contributed by atoms with Crippen LogP contribution < -0.4 is 0 Å². The summed E-state index contributed by atoms with van der Waals surface area (Å²) in [4.78, 5) is 15.3. The SMILES string of the molecule is C[C@H]1C[C@@H]2CC(=O)C3CCCN4CCC[C@H]2[C@@]34C1. The number of rotatable bonds is 0. The maximum atomic E-state index is 12.5. The molecule has 1 unspecified atom stereocenters. The van der Waals surface area contributed by atoms with E-state index in [2.05, 4.69) is 11.8 Å². The fourth-order valence-corrected chi connectivity index (χ4v) is 6.18. The quantitative estimate of drug-likeness (QED) is 0.656. The highest BCUT2D eigenvalue weighted by Crippen LogP contribution is 2.59. The van der Waals surface area contributed by atoms with Crippen LogP contribution in [-0.2, 0) is 4.79 Å². The molecule has 2 bridgehead atoms. The summed E-state index contributed by atoms with van der Waals surface area (Å²) in [5.41, 5.74) is 0.314. The molecule has 1 spiro atoms. The van der Waals surface area contributed by atoms with Gasteiger partial charge in [-0.15, -0.1) is 0 Å². The number of hydrogen-bond donors (Lipinski definition) is 0. The predicted molar refractivity (Wildman–Crippen MR) is 71.3 cm³/mol. The molecule has 18 heavy (non-hydrogen) atoms. The third-order valence-corrected chi connectivity index (χ3v) is 6.50. The van der Waals surface area contributed by atoms with Crippen LogP contribution in [0.5, 0.6) is 0 Å². The van der Waals surface area contributed by atoms with E-state index in [0.29, 0.717) is 17.2 Å². The van der Waals surface area contributed by atoms with Gasteiger partial charge >= 0.3 is 0 Å². The van der Waals surface area contributed by atoms with E-state index in [0.717, 1.165) is 24.2 Å². The molecule has 2 heteroatoms. The molecular formula is C16H25NO. The van der Waals surface area contributed by atoms with E-state index in [-0.39, 0.29) is 0 Å². The lowest BCUT2D eigenvalue weighted by Crippen LogP contribution is -2.71. The summed E-state index contributed by atoms with van der Waals surface area (Å²) in [6.45, 7) is 4.95. The summed E-state index contributed by atoms with van der Waals surface area (Å²) in [6.07, 6.45) is 8.75. The van der Waals surface area contributed by atoms with Crippen LogP contribution >= 0.6 is 0 Å².